The number of benzene rings is 4. The number of sulfone groups is 1. The van der Waals surface area contributed by atoms with Gasteiger partial charge in [-0.25, -0.2) is 12.6 Å². The van der Waals surface area contributed by atoms with E-state index < -0.39 is 137 Å². The highest BCUT2D eigenvalue weighted by Crippen LogP contribution is 2.44. The van der Waals surface area contributed by atoms with Crippen molar-refractivity contribution in [3.8, 4) is 0 Å². The molecule has 0 aliphatic carbocycles. The minimum absolute atomic E-state index is 0.258. The molecule has 0 amide bonds. The monoisotopic (exact) mass is 874 g/mol. The van der Waals surface area contributed by atoms with Crippen molar-refractivity contribution in [3.05, 3.63) is 54.6 Å². The zero-order valence-corrected chi connectivity index (χ0v) is 30.9. The van der Waals surface area contributed by atoms with Gasteiger partial charge in [0.2, 0.25) is 0 Å². The Morgan fingerprint density at radius 1 is 0.556 bits per heavy atom. The lowest BCUT2D eigenvalue weighted by Gasteiger charge is -2.11. The van der Waals surface area contributed by atoms with Gasteiger partial charge in [-0.3, -0.25) is 22.8 Å². The van der Waals surface area contributed by atoms with Crippen molar-refractivity contribution in [1.82, 2.24) is 0 Å². The second-order valence-electron chi connectivity index (χ2n) is 10.4. The molecule has 0 spiro atoms. The lowest BCUT2D eigenvalue weighted by molar-refractivity contribution is 0.284. The van der Waals surface area contributed by atoms with E-state index in [1.807, 2.05) is 0 Å². The topological polar surface area (TPSA) is 417 Å². The largest absolute Gasteiger partial charge is 0.397 e. The molecule has 4 aromatic rings. The van der Waals surface area contributed by atoms with Gasteiger partial charge in [-0.05, 0) is 53.9 Å². The molecule has 0 saturated carbocycles. The molecule has 54 heavy (non-hydrogen) atoms. The Hall–Kier alpha value is -4.60. The van der Waals surface area contributed by atoms with Gasteiger partial charge >= 0.3 is 10.4 Å². The van der Waals surface area contributed by atoms with Crippen LogP contribution in [0, 0.1) is 0 Å². The predicted molar refractivity (Wildman–Crippen MR) is 183 cm³/mol. The van der Waals surface area contributed by atoms with Crippen LogP contribution in [-0.2, 0) is 64.9 Å². The van der Waals surface area contributed by atoms with Gasteiger partial charge in [0.15, 0.2) is 9.84 Å². The molecule has 0 aromatic heterocycles. The molecule has 0 saturated heterocycles. The predicted octanol–water partition coefficient (Wildman–Crippen LogP) is 2.41. The average Bonchev–Trinajstić information content (AvgIpc) is 3.00. The van der Waals surface area contributed by atoms with Crippen molar-refractivity contribution >= 4 is 106 Å². The fourth-order valence-electron chi connectivity index (χ4n) is 4.35. The fourth-order valence-corrected chi connectivity index (χ4v) is 8.50. The van der Waals surface area contributed by atoms with Gasteiger partial charge in [0, 0.05) is 5.39 Å². The van der Waals surface area contributed by atoms with Gasteiger partial charge in [0.1, 0.15) is 31.7 Å². The minimum atomic E-state index is -5.33. The Balaban J connectivity index is 1.89. The number of hydrogen-bond acceptors (Lipinski definition) is 19. The molecule has 30 heteroatoms. The number of hydrogen-bond donors (Lipinski definition) is 7. The van der Waals surface area contributed by atoms with Crippen molar-refractivity contribution in [2.75, 3.05) is 23.8 Å². The Labute approximate surface area is 305 Å². The summed E-state index contributed by atoms with van der Waals surface area (Å²) >= 11 is 0. The maximum atomic E-state index is 12.6. The van der Waals surface area contributed by atoms with E-state index >= 15 is 0 Å². The summed E-state index contributed by atoms with van der Waals surface area (Å²) in [6, 6.07) is 6.86. The molecule has 0 fully saturated rings. The lowest BCUT2D eigenvalue weighted by Crippen LogP contribution is -2.15. The molecule has 0 aliphatic rings. The van der Waals surface area contributed by atoms with Crippen LogP contribution in [0.3, 0.4) is 0 Å². The molecule has 24 nitrogen and oxygen atoms in total. The Bertz CT molecular complexity index is 2970. The van der Waals surface area contributed by atoms with E-state index in [9.17, 15) is 68.7 Å². The van der Waals surface area contributed by atoms with Crippen molar-refractivity contribution in [2.45, 2.75) is 24.5 Å². The standard InChI is InChI=1S/C24H22N6O18S6/c25-22-18(29-28-17-10-16-12(7-20(17)52(39,40)41)6-15(50(33,34)35)9-19(16)51(36,37)38)11-21(53(42,43)44)23(26)24(22)30-27-13-2-1-3-14(8-13)49(31,32)5-4-48-54(45,46)47/h1-3,6-11H,4-5,25-26H2,(H,33,34,35)(H,36,37,38)(H,39,40,41)(H,42,43,44)(H,45,46,47). The van der Waals surface area contributed by atoms with E-state index in [0.29, 0.717) is 30.3 Å². The van der Waals surface area contributed by atoms with Crippen LogP contribution in [0.2, 0.25) is 0 Å². The molecule has 0 atom stereocenters. The van der Waals surface area contributed by atoms with Crippen LogP contribution in [0.5, 0.6) is 0 Å². The van der Waals surface area contributed by atoms with Crippen molar-refractivity contribution in [2.24, 2.45) is 20.5 Å². The third-order valence-corrected chi connectivity index (χ3v) is 12.4. The summed E-state index contributed by atoms with van der Waals surface area (Å²) in [6.45, 7) is -0.957. The van der Waals surface area contributed by atoms with E-state index in [0.717, 1.165) is 12.1 Å². The molecule has 0 heterocycles. The number of fused-ring (bicyclic) bond motifs is 1. The highest BCUT2D eigenvalue weighted by Gasteiger charge is 2.26. The summed E-state index contributed by atoms with van der Waals surface area (Å²) in [5.41, 5.74) is 7.73. The first-order valence-corrected chi connectivity index (χ1v) is 22.3. The molecule has 0 aliphatic heterocycles. The number of rotatable bonds is 13. The van der Waals surface area contributed by atoms with Crippen molar-refractivity contribution < 1.29 is 77.5 Å². The van der Waals surface area contributed by atoms with E-state index in [-0.39, 0.29) is 5.69 Å². The summed E-state index contributed by atoms with van der Waals surface area (Å²) in [5, 5.41) is 13.4. The highest BCUT2D eigenvalue weighted by atomic mass is 32.3. The van der Waals surface area contributed by atoms with Crippen LogP contribution >= 0.6 is 0 Å². The van der Waals surface area contributed by atoms with E-state index in [1.54, 1.807) is 0 Å². The van der Waals surface area contributed by atoms with Crippen molar-refractivity contribution in [3.63, 3.8) is 0 Å². The maximum Gasteiger partial charge on any atom is 0.397 e. The van der Waals surface area contributed by atoms with Crippen LogP contribution < -0.4 is 11.5 Å². The van der Waals surface area contributed by atoms with E-state index in [2.05, 4.69) is 24.6 Å². The van der Waals surface area contributed by atoms with E-state index in [1.165, 1.54) is 12.1 Å². The Morgan fingerprint density at radius 3 is 1.70 bits per heavy atom. The Morgan fingerprint density at radius 2 is 1.15 bits per heavy atom. The molecule has 4 rings (SSSR count). The number of azo groups is 2. The Kier molecular flexibility index (Phi) is 11.4. The summed E-state index contributed by atoms with van der Waals surface area (Å²) < 4.78 is 195. The highest BCUT2D eigenvalue weighted by molar-refractivity contribution is 7.91. The van der Waals surface area contributed by atoms with Gasteiger partial charge < -0.3 is 11.5 Å². The minimum Gasteiger partial charge on any atom is -0.396 e. The number of nitrogens with zero attached hydrogens (tertiary/aromatic N) is 4. The van der Waals surface area contributed by atoms with Crippen LogP contribution in [-0.4, -0.2) is 85.6 Å². The number of nitrogens with two attached hydrogens (primary N) is 2. The summed E-state index contributed by atoms with van der Waals surface area (Å²) in [6.07, 6.45) is 0. The third-order valence-electron chi connectivity index (χ3n) is 6.71. The summed E-state index contributed by atoms with van der Waals surface area (Å²) in [5.74, 6) is -0.919. The van der Waals surface area contributed by atoms with Gasteiger partial charge in [-0.2, -0.15) is 47.2 Å². The number of anilines is 2. The third kappa shape index (κ3) is 9.93. The maximum absolute atomic E-state index is 12.6. The molecule has 9 N–H and O–H groups in total. The van der Waals surface area contributed by atoms with Gasteiger partial charge in [-0.1, -0.05) is 6.07 Å². The molecule has 4 aromatic carbocycles. The van der Waals surface area contributed by atoms with Gasteiger partial charge in [0.05, 0.1) is 39.2 Å². The first-order chi connectivity index (χ1) is 24.5. The molecular weight excluding hydrogens is 853 g/mol. The van der Waals surface area contributed by atoms with Crippen LogP contribution in [0.4, 0.5) is 34.1 Å². The molecular formula is C24H22N6O18S6. The molecule has 0 unspecified atom stereocenters. The SMILES string of the molecule is Nc1c(N=Nc2cc3c(S(=O)(=O)O)cc(S(=O)(=O)O)cc3cc2S(=O)(=O)O)cc(S(=O)(=O)O)c(N)c1N=Nc1cccc(S(=O)(=O)CCOS(=O)(=O)O)c1. The lowest BCUT2D eigenvalue weighted by atomic mass is 10.1. The molecule has 0 bridgehead atoms. The first-order valence-electron chi connectivity index (χ1n) is 13.5. The van der Waals surface area contributed by atoms with Crippen LogP contribution in [0.15, 0.2) is 99.5 Å². The fraction of sp³-hybridized carbons (Fsp3) is 0.0833. The van der Waals surface area contributed by atoms with Gasteiger partial charge in [0.25, 0.3) is 40.5 Å². The van der Waals surface area contributed by atoms with E-state index in [4.69, 9.17) is 16.0 Å². The zero-order valence-electron chi connectivity index (χ0n) is 26.0. The second kappa shape index (κ2) is 14.6. The summed E-state index contributed by atoms with van der Waals surface area (Å²) in [4.78, 5) is -5.02. The number of nitrogen functional groups attached to an aromatic ring is 2. The zero-order chi connectivity index (χ0) is 40.8. The summed E-state index contributed by atoms with van der Waals surface area (Å²) in [7, 11) is -30.2. The van der Waals surface area contributed by atoms with Crippen LogP contribution in [0.1, 0.15) is 0 Å². The normalized spacial score (nSPS) is 13.6. The van der Waals surface area contributed by atoms with Crippen molar-refractivity contribution in [1.29, 1.82) is 0 Å². The second-order valence-corrected chi connectivity index (χ2v) is 19.2. The quantitative estimate of drug-likeness (QED) is 0.0576. The molecule has 292 valence electrons. The molecule has 0 radical (unpaired) electrons. The smallest absolute Gasteiger partial charge is 0.396 e. The van der Waals surface area contributed by atoms with Crippen LogP contribution in [0.25, 0.3) is 10.8 Å². The van der Waals surface area contributed by atoms with Gasteiger partial charge in [-0.15, -0.1) is 15.3 Å². The average molecular weight is 875 g/mol. The first kappa shape index (κ1) is 42.1.